The summed E-state index contributed by atoms with van der Waals surface area (Å²) in [6, 6.07) is 10.2. The molecule has 0 aliphatic carbocycles. The average Bonchev–Trinajstić information content (AvgIpc) is 2.47. The van der Waals surface area contributed by atoms with Gasteiger partial charge in [-0.15, -0.1) is 0 Å². The number of hydrogen-bond acceptors (Lipinski definition) is 4. The van der Waals surface area contributed by atoms with Gasteiger partial charge in [-0.2, -0.15) is 0 Å². The van der Waals surface area contributed by atoms with Gasteiger partial charge in [0, 0.05) is 41.5 Å². The SMILES string of the molecule is CC/C(=C\C(=O)c1cccnc1)Nc1cccc(O)c1. The topological polar surface area (TPSA) is 62.2 Å². The molecule has 4 nitrogen and oxygen atoms in total. The first-order valence-electron chi connectivity index (χ1n) is 6.40. The van der Waals surface area contributed by atoms with Crippen molar-refractivity contribution in [3.05, 3.63) is 66.1 Å². The minimum Gasteiger partial charge on any atom is -0.508 e. The van der Waals surface area contributed by atoms with Crippen molar-refractivity contribution < 1.29 is 9.90 Å². The summed E-state index contributed by atoms with van der Waals surface area (Å²) in [6.45, 7) is 1.96. The number of nitrogens with zero attached hydrogens (tertiary/aromatic N) is 1. The van der Waals surface area contributed by atoms with Gasteiger partial charge >= 0.3 is 0 Å². The monoisotopic (exact) mass is 268 g/mol. The lowest BCUT2D eigenvalue weighted by atomic mass is 10.1. The van der Waals surface area contributed by atoms with E-state index in [-0.39, 0.29) is 11.5 Å². The summed E-state index contributed by atoms with van der Waals surface area (Å²) in [5, 5.41) is 12.6. The first kappa shape index (κ1) is 13.8. The Morgan fingerprint density at radius 2 is 2.20 bits per heavy atom. The van der Waals surface area contributed by atoms with E-state index >= 15 is 0 Å². The van der Waals surface area contributed by atoms with E-state index in [2.05, 4.69) is 10.3 Å². The van der Waals surface area contributed by atoms with E-state index in [9.17, 15) is 9.90 Å². The fourth-order valence-corrected chi connectivity index (χ4v) is 1.75. The van der Waals surface area contributed by atoms with Crippen molar-refractivity contribution >= 4 is 11.5 Å². The van der Waals surface area contributed by atoms with Crippen LogP contribution in [0.1, 0.15) is 23.7 Å². The van der Waals surface area contributed by atoms with E-state index < -0.39 is 0 Å². The van der Waals surface area contributed by atoms with Crippen LogP contribution in [0.3, 0.4) is 0 Å². The number of phenols is 1. The lowest BCUT2D eigenvalue weighted by Gasteiger charge is -2.09. The molecule has 0 radical (unpaired) electrons. The van der Waals surface area contributed by atoms with Crippen LogP contribution in [0.4, 0.5) is 5.69 Å². The highest BCUT2D eigenvalue weighted by Gasteiger charge is 2.04. The predicted octanol–water partition coefficient (Wildman–Crippen LogP) is 3.38. The number of nitrogens with one attached hydrogen (secondary N) is 1. The third kappa shape index (κ3) is 3.68. The smallest absolute Gasteiger partial charge is 0.189 e. The van der Waals surface area contributed by atoms with Crippen LogP contribution in [0.5, 0.6) is 5.75 Å². The Morgan fingerprint density at radius 1 is 1.35 bits per heavy atom. The molecule has 0 saturated heterocycles. The van der Waals surface area contributed by atoms with Gasteiger partial charge in [-0.05, 0) is 30.7 Å². The zero-order chi connectivity index (χ0) is 14.4. The van der Waals surface area contributed by atoms with Crippen molar-refractivity contribution in [1.29, 1.82) is 0 Å². The van der Waals surface area contributed by atoms with E-state index in [4.69, 9.17) is 0 Å². The van der Waals surface area contributed by atoms with Crippen LogP contribution in [-0.4, -0.2) is 15.9 Å². The molecule has 1 heterocycles. The summed E-state index contributed by atoms with van der Waals surface area (Å²) in [5.74, 6) is 0.0895. The van der Waals surface area contributed by atoms with Gasteiger partial charge in [-0.1, -0.05) is 13.0 Å². The molecule has 0 aliphatic heterocycles. The molecule has 2 N–H and O–H groups in total. The molecular weight excluding hydrogens is 252 g/mol. The number of rotatable bonds is 5. The number of hydrogen-bond donors (Lipinski definition) is 2. The normalized spacial score (nSPS) is 11.2. The number of phenolic OH excluding ortho intramolecular Hbond substituents is 1. The molecular formula is C16H16N2O2. The lowest BCUT2D eigenvalue weighted by Crippen LogP contribution is -2.03. The third-order valence-electron chi connectivity index (χ3n) is 2.78. The second kappa shape index (κ2) is 6.52. The van der Waals surface area contributed by atoms with Crippen LogP contribution in [0, 0.1) is 0 Å². The van der Waals surface area contributed by atoms with E-state index in [0.29, 0.717) is 12.0 Å². The second-order valence-electron chi connectivity index (χ2n) is 4.30. The molecule has 0 atom stereocenters. The Labute approximate surface area is 117 Å². The predicted molar refractivity (Wildman–Crippen MR) is 78.7 cm³/mol. The minimum absolute atomic E-state index is 0.0948. The fraction of sp³-hybridized carbons (Fsp3) is 0.125. The standard InChI is InChI=1S/C16H16N2O2/c1-2-13(18-14-6-3-7-15(19)9-14)10-16(20)12-5-4-8-17-11-12/h3-11,18-19H,2H2,1H3/b13-10+. The van der Waals surface area contributed by atoms with Crippen LogP contribution in [0.25, 0.3) is 0 Å². The molecule has 0 aliphatic rings. The van der Waals surface area contributed by atoms with Gasteiger partial charge in [0.15, 0.2) is 5.78 Å². The van der Waals surface area contributed by atoms with Crippen LogP contribution in [0.15, 0.2) is 60.6 Å². The van der Waals surface area contributed by atoms with Crippen molar-refractivity contribution in [2.75, 3.05) is 5.32 Å². The molecule has 0 bridgehead atoms. The Bertz CT molecular complexity index is 621. The number of ketones is 1. The summed E-state index contributed by atoms with van der Waals surface area (Å²) in [4.78, 5) is 16.0. The molecule has 4 heteroatoms. The Kier molecular flexibility index (Phi) is 4.50. The van der Waals surface area contributed by atoms with Gasteiger partial charge in [0.2, 0.25) is 0 Å². The molecule has 20 heavy (non-hydrogen) atoms. The molecule has 2 aromatic rings. The largest absolute Gasteiger partial charge is 0.508 e. The molecule has 0 amide bonds. The molecule has 0 fully saturated rings. The number of allylic oxidation sites excluding steroid dienone is 2. The summed E-state index contributed by atoms with van der Waals surface area (Å²) >= 11 is 0. The fourth-order valence-electron chi connectivity index (χ4n) is 1.75. The van der Waals surface area contributed by atoms with Crippen LogP contribution in [0.2, 0.25) is 0 Å². The number of anilines is 1. The first-order valence-corrected chi connectivity index (χ1v) is 6.40. The number of pyridine rings is 1. The van der Waals surface area contributed by atoms with Crippen molar-refractivity contribution in [3.63, 3.8) is 0 Å². The van der Waals surface area contributed by atoms with Gasteiger partial charge < -0.3 is 10.4 Å². The maximum atomic E-state index is 12.1. The van der Waals surface area contributed by atoms with Gasteiger partial charge in [-0.25, -0.2) is 0 Å². The minimum atomic E-state index is -0.0948. The molecule has 0 spiro atoms. The van der Waals surface area contributed by atoms with Gasteiger partial charge in [0.05, 0.1) is 0 Å². The maximum Gasteiger partial charge on any atom is 0.189 e. The Hall–Kier alpha value is -2.62. The van der Waals surface area contributed by atoms with E-state index in [1.807, 2.05) is 13.0 Å². The number of aromatic nitrogens is 1. The van der Waals surface area contributed by atoms with Crippen molar-refractivity contribution in [2.45, 2.75) is 13.3 Å². The molecule has 1 aromatic carbocycles. The van der Waals surface area contributed by atoms with E-state index in [1.165, 1.54) is 0 Å². The summed E-state index contributed by atoms with van der Waals surface area (Å²) in [6.07, 6.45) is 5.41. The van der Waals surface area contributed by atoms with Crippen LogP contribution in [-0.2, 0) is 0 Å². The molecule has 0 saturated carbocycles. The van der Waals surface area contributed by atoms with E-state index in [0.717, 1.165) is 11.4 Å². The van der Waals surface area contributed by atoms with Crippen LogP contribution < -0.4 is 5.32 Å². The number of aromatic hydroxyl groups is 1. The molecule has 2 rings (SSSR count). The zero-order valence-corrected chi connectivity index (χ0v) is 11.2. The molecule has 0 unspecified atom stereocenters. The molecule has 1 aromatic heterocycles. The van der Waals surface area contributed by atoms with Gasteiger partial charge in [-0.3, -0.25) is 9.78 Å². The first-order chi connectivity index (χ1) is 9.69. The van der Waals surface area contributed by atoms with Crippen LogP contribution >= 0.6 is 0 Å². The Morgan fingerprint density at radius 3 is 2.85 bits per heavy atom. The van der Waals surface area contributed by atoms with Gasteiger partial charge in [0.1, 0.15) is 5.75 Å². The third-order valence-corrected chi connectivity index (χ3v) is 2.78. The highest BCUT2D eigenvalue weighted by molar-refractivity contribution is 6.04. The summed E-state index contributed by atoms with van der Waals surface area (Å²) < 4.78 is 0. The Balaban J connectivity index is 2.16. The van der Waals surface area contributed by atoms with Crippen molar-refractivity contribution in [2.24, 2.45) is 0 Å². The van der Waals surface area contributed by atoms with E-state index in [1.54, 1.807) is 48.8 Å². The average molecular weight is 268 g/mol. The zero-order valence-electron chi connectivity index (χ0n) is 11.2. The summed E-state index contributed by atoms with van der Waals surface area (Å²) in [7, 11) is 0. The summed E-state index contributed by atoms with van der Waals surface area (Å²) in [5.41, 5.74) is 2.08. The second-order valence-corrected chi connectivity index (χ2v) is 4.30. The van der Waals surface area contributed by atoms with Gasteiger partial charge in [0.25, 0.3) is 0 Å². The number of carbonyl (C=O) groups is 1. The maximum absolute atomic E-state index is 12.1. The quantitative estimate of drug-likeness (QED) is 0.644. The highest BCUT2D eigenvalue weighted by Crippen LogP contribution is 2.18. The lowest BCUT2D eigenvalue weighted by molar-refractivity contribution is 0.104. The molecule has 102 valence electrons. The highest BCUT2D eigenvalue weighted by atomic mass is 16.3. The number of carbonyl (C=O) groups excluding carboxylic acids is 1. The number of benzene rings is 1. The van der Waals surface area contributed by atoms with Crippen molar-refractivity contribution in [1.82, 2.24) is 4.98 Å². The van der Waals surface area contributed by atoms with Crippen molar-refractivity contribution in [3.8, 4) is 5.75 Å².